The highest BCUT2D eigenvalue weighted by atomic mass is 32.1. The molecule has 1 amide bonds. The predicted octanol–water partition coefficient (Wildman–Crippen LogP) is 2.40. The summed E-state index contributed by atoms with van der Waals surface area (Å²) >= 11 is 1.14. The lowest BCUT2D eigenvalue weighted by atomic mass is 10.2. The summed E-state index contributed by atoms with van der Waals surface area (Å²) in [5.41, 5.74) is 1.69. The Bertz CT molecular complexity index is 862. The summed E-state index contributed by atoms with van der Waals surface area (Å²) < 4.78 is 10.3. The number of piperazine rings is 1. The summed E-state index contributed by atoms with van der Waals surface area (Å²) in [6.07, 6.45) is 0. The zero-order valence-corrected chi connectivity index (χ0v) is 17.8. The third-order valence-electron chi connectivity index (χ3n) is 4.66. The van der Waals surface area contributed by atoms with Crippen LogP contribution in [-0.2, 0) is 9.53 Å². The molecule has 29 heavy (non-hydrogen) atoms. The number of amides is 1. The summed E-state index contributed by atoms with van der Waals surface area (Å²) in [4.78, 5) is 33.4. The van der Waals surface area contributed by atoms with Crippen molar-refractivity contribution in [3.63, 3.8) is 0 Å². The number of nitrogens with zero attached hydrogens (tertiary/aromatic N) is 3. The number of carbonyl (C=O) groups is 2. The summed E-state index contributed by atoms with van der Waals surface area (Å²) in [6.45, 7) is 7.33. The first kappa shape index (κ1) is 21.1. The molecule has 2 heterocycles. The Hall–Kier alpha value is -2.65. The van der Waals surface area contributed by atoms with Gasteiger partial charge in [0.25, 0.3) is 0 Å². The summed E-state index contributed by atoms with van der Waals surface area (Å²) in [7, 11) is 1.66. The summed E-state index contributed by atoms with van der Waals surface area (Å²) in [5.74, 6) is 0.297. The number of nitrogens with one attached hydrogen (secondary N) is 1. The molecule has 8 nitrogen and oxygen atoms in total. The number of thiazole rings is 1. The van der Waals surface area contributed by atoms with Gasteiger partial charge in [-0.3, -0.25) is 9.69 Å². The van der Waals surface area contributed by atoms with Crippen LogP contribution in [-0.4, -0.2) is 68.2 Å². The van der Waals surface area contributed by atoms with Gasteiger partial charge in [-0.2, -0.15) is 0 Å². The Morgan fingerprint density at radius 1 is 1.24 bits per heavy atom. The second-order valence-corrected chi connectivity index (χ2v) is 7.67. The number of carbonyl (C=O) groups excluding carboxylic acids is 2. The van der Waals surface area contributed by atoms with E-state index in [0.717, 1.165) is 49.0 Å². The van der Waals surface area contributed by atoms with Crippen molar-refractivity contribution in [3.05, 3.63) is 34.8 Å². The standard InChI is InChI=1S/C20H26N4O4S/c1-4-28-19(26)18-14(2)21-20(29-18)22-17(25)13-23-8-10-24(11-9-23)15-6-5-7-16(12-15)27-3/h5-7,12H,4,8-11,13H2,1-3H3,(H,21,22,25). The molecule has 1 fully saturated rings. The van der Waals surface area contributed by atoms with Crippen LogP contribution in [0.2, 0.25) is 0 Å². The number of methoxy groups -OCH3 is 1. The normalized spacial score (nSPS) is 14.5. The Labute approximate surface area is 174 Å². The largest absolute Gasteiger partial charge is 0.497 e. The van der Waals surface area contributed by atoms with Crippen molar-refractivity contribution in [2.24, 2.45) is 0 Å². The Kier molecular flexibility index (Phi) is 7.05. The molecule has 0 aliphatic carbocycles. The van der Waals surface area contributed by atoms with Gasteiger partial charge in [0, 0.05) is 37.9 Å². The van der Waals surface area contributed by atoms with Crippen LogP contribution in [0.5, 0.6) is 5.75 Å². The highest BCUT2D eigenvalue weighted by Crippen LogP contribution is 2.24. The molecular weight excluding hydrogens is 392 g/mol. The van der Waals surface area contributed by atoms with Crippen LogP contribution in [0.1, 0.15) is 22.3 Å². The molecule has 0 radical (unpaired) electrons. The third-order valence-corrected chi connectivity index (χ3v) is 5.71. The van der Waals surface area contributed by atoms with Gasteiger partial charge in [0.1, 0.15) is 10.6 Å². The van der Waals surface area contributed by atoms with Crippen molar-refractivity contribution < 1.29 is 19.1 Å². The molecule has 1 aliphatic heterocycles. The fourth-order valence-electron chi connectivity index (χ4n) is 3.17. The van der Waals surface area contributed by atoms with Gasteiger partial charge < -0.3 is 19.7 Å². The third kappa shape index (κ3) is 5.45. The monoisotopic (exact) mass is 418 g/mol. The number of aryl methyl sites for hydroxylation is 1. The molecule has 3 rings (SSSR count). The number of anilines is 2. The van der Waals surface area contributed by atoms with E-state index in [2.05, 4.69) is 26.2 Å². The van der Waals surface area contributed by atoms with Gasteiger partial charge in [0.05, 0.1) is 26.0 Å². The molecule has 1 aromatic carbocycles. The van der Waals surface area contributed by atoms with Gasteiger partial charge in [0.15, 0.2) is 5.13 Å². The first-order chi connectivity index (χ1) is 14.0. The van der Waals surface area contributed by atoms with E-state index in [1.54, 1.807) is 21.0 Å². The number of benzene rings is 1. The van der Waals surface area contributed by atoms with Crippen LogP contribution in [0.25, 0.3) is 0 Å². The average molecular weight is 419 g/mol. The van der Waals surface area contributed by atoms with Crippen LogP contribution in [0.15, 0.2) is 24.3 Å². The number of hydrogen-bond donors (Lipinski definition) is 1. The van der Waals surface area contributed by atoms with Crippen LogP contribution >= 0.6 is 11.3 Å². The molecule has 1 saturated heterocycles. The number of rotatable bonds is 7. The lowest BCUT2D eigenvalue weighted by molar-refractivity contribution is -0.117. The number of aromatic nitrogens is 1. The minimum atomic E-state index is -0.406. The molecule has 9 heteroatoms. The first-order valence-electron chi connectivity index (χ1n) is 9.56. The predicted molar refractivity (Wildman–Crippen MR) is 113 cm³/mol. The van der Waals surface area contributed by atoms with E-state index in [0.29, 0.717) is 28.9 Å². The molecular formula is C20H26N4O4S. The zero-order valence-electron chi connectivity index (χ0n) is 16.9. The smallest absolute Gasteiger partial charge is 0.350 e. The number of esters is 1. The van der Waals surface area contributed by atoms with Crippen LogP contribution in [0, 0.1) is 6.92 Å². The van der Waals surface area contributed by atoms with Gasteiger partial charge in [0.2, 0.25) is 5.91 Å². The Morgan fingerprint density at radius 2 is 2.00 bits per heavy atom. The maximum Gasteiger partial charge on any atom is 0.350 e. The molecule has 0 saturated carbocycles. The molecule has 1 N–H and O–H groups in total. The lowest BCUT2D eigenvalue weighted by Crippen LogP contribution is -2.48. The van der Waals surface area contributed by atoms with E-state index in [1.165, 1.54) is 0 Å². The molecule has 0 spiro atoms. The molecule has 0 bridgehead atoms. The van der Waals surface area contributed by atoms with E-state index in [-0.39, 0.29) is 5.91 Å². The van der Waals surface area contributed by atoms with Gasteiger partial charge in [-0.1, -0.05) is 17.4 Å². The quantitative estimate of drug-likeness (QED) is 0.691. The van der Waals surface area contributed by atoms with Crippen LogP contribution in [0.3, 0.4) is 0 Å². The van der Waals surface area contributed by atoms with E-state index < -0.39 is 5.97 Å². The van der Waals surface area contributed by atoms with Crippen LogP contribution < -0.4 is 15.0 Å². The van der Waals surface area contributed by atoms with E-state index in [1.807, 2.05) is 18.2 Å². The summed E-state index contributed by atoms with van der Waals surface area (Å²) in [6, 6.07) is 8.00. The van der Waals surface area contributed by atoms with Gasteiger partial charge in [-0.05, 0) is 26.0 Å². The molecule has 0 atom stereocenters. The van der Waals surface area contributed by atoms with Crippen molar-refractivity contribution in [2.45, 2.75) is 13.8 Å². The van der Waals surface area contributed by atoms with Gasteiger partial charge in [-0.25, -0.2) is 9.78 Å². The fourth-order valence-corrected chi connectivity index (χ4v) is 4.05. The van der Waals surface area contributed by atoms with Gasteiger partial charge >= 0.3 is 5.97 Å². The Morgan fingerprint density at radius 3 is 2.69 bits per heavy atom. The molecule has 0 unspecified atom stereocenters. The van der Waals surface area contributed by atoms with E-state index >= 15 is 0 Å². The average Bonchev–Trinajstić information content (AvgIpc) is 3.08. The molecule has 156 valence electrons. The number of ether oxygens (including phenoxy) is 2. The SMILES string of the molecule is CCOC(=O)c1sc(NC(=O)CN2CCN(c3cccc(OC)c3)CC2)nc1C. The Balaban J connectivity index is 1.50. The maximum atomic E-state index is 12.4. The van der Waals surface area contributed by atoms with Crippen molar-refractivity contribution in [1.82, 2.24) is 9.88 Å². The second kappa shape index (κ2) is 9.71. The molecule has 2 aromatic rings. The lowest BCUT2D eigenvalue weighted by Gasteiger charge is -2.35. The van der Waals surface area contributed by atoms with E-state index in [4.69, 9.17) is 9.47 Å². The highest BCUT2D eigenvalue weighted by molar-refractivity contribution is 7.17. The van der Waals surface area contributed by atoms with E-state index in [9.17, 15) is 9.59 Å². The summed E-state index contributed by atoms with van der Waals surface area (Å²) in [5, 5.41) is 3.22. The van der Waals surface area contributed by atoms with Crippen molar-refractivity contribution in [2.75, 3.05) is 56.7 Å². The first-order valence-corrected chi connectivity index (χ1v) is 10.4. The van der Waals surface area contributed by atoms with Crippen molar-refractivity contribution in [1.29, 1.82) is 0 Å². The second-order valence-electron chi connectivity index (χ2n) is 6.67. The van der Waals surface area contributed by atoms with Crippen molar-refractivity contribution >= 4 is 34.0 Å². The minimum Gasteiger partial charge on any atom is -0.497 e. The fraction of sp³-hybridized carbons (Fsp3) is 0.450. The highest BCUT2D eigenvalue weighted by Gasteiger charge is 2.21. The maximum absolute atomic E-state index is 12.4. The van der Waals surface area contributed by atoms with Gasteiger partial charge in [-0.15, -0.1) is 0 Å². The zero-order chi connectivity index (χ0) is 20.8. The molecule has 1 aromatic heterocycles. The van der Waals surface area contributed by atoms with Crippen molar-refractivity contribution in [3.8, 4) is 5.75 Å². The minimum absolute atomic E-state index is 0.135. The topological polar surface area (TPSA) is 84.0 Å². The number of hydrogen-bond acceptors (Lipinski definition) is 8. The van der Waals surface area contributed by atoms with Crippen LogP contribution in [0.4, 0.5) is 10.8 Å². The molecule has 1 aliphatic rings.